The van der Waals surface area contributed by atoms with Crippen molar-refractivity contribution >= 4 is 5.97 Å². The van der Waals surface area contributed by atoms with Gasteiger partial charge in [0, 0.05) is 31.1 Å². The molecule has 2 aliphatic heterocycles. The van der Waals surface area contributed by atoms with E-state index >= 15 is 0 Å². The minimum Gasteiger partial charge on any atom is -0.463 e. The fourth-order valence-corrected chi connectivity index (χ4v) is 9.17. The van der Waals surface area contributed by atoms with Crippen LogP contribution in [0.1, 0.15) is 72.1 Å². The van der Waals surface area contributed by atoms with Crippen LogP contribution in [0.3, 0.4) is 0 Å². The number of esters is 1. The van der Waals surface area contributed by atoms with Crippen LogP contribution in [0, 0.1) is 34.5 Å². The Morgan fingerprint density at radius 1 is 0.871 bits per heavy atom. The van der Waals surface area contributed by atoms with E-state index in [0.717, 1.165) is 44.9 Å². The summed E-state index contributed by atoms with van der Waals surface area (Å²) in [4.78, 5) is 11.6. The maximum atomic E-state index is 11.6. The Morgan fingerprint density at radius 3 is 2.26 bits per heavy atom. The lowest BCUT2D eigenvalue weighted by molar-refractivity contribution is -0.317. The van der Waals surface area contributed by atoms with Crippen LogP contribution in [0.4, 0.5) is 0 Å². The average molecular weight is 435 g/mol. The van der Waals surface area contributed by atoms with Crippen molar-refractivity contribution in [1.82, 2.24) is 0 Å². The third-order valence-corrected chi connectivity index (χ3v) is 10.5. The Hall–Kier alpha value is -0.690. The summed E-state index contributed by atoms with van der Waals surface area (Å²) in [5.74, 6) is 0.836. The average Bonchev–Trinajstić information content (AvgIpc) is 3.45. The zero-order valence-corrected chi connectivity index (χ0v) is 19.3. The quantitative estimate of drug-likeness (QED) is 0.580. The number of fused-ring (bicyclic) bond motifs is 7. The molecule has 6 nitrogen and oxygen atoms in total. The Kier molecular flexibility index (Phi) is 4.65. The molecule has 2 saturated heterocycles. The highest BCUT2D eigenvalue weighted by molar-refractivity contribution is 5.66. The van der Waals surface area contributed by atoms with Gasteiger partial charge in [0.05, 0.1) is 26.4 Å². The number of rotatable bonds is 1. The zero-order valence-electron chi connectivity index (χ0n) is 19.3. The summed E-state index contributed by atoms with van der Waals surface area (Å²) >= 11 is 0. The van der Waals surface area contributed by atoms with Gasteiger partial charge in [0.2, 0.25) is 0 Å². The van der Waals surface area contributed by atoms with Gasteiger partial charge < -0.3 is 23.7 Å². The molecular formula is C25H38O6. The molecule has 2 heterocycles. The highest BCUT2D eigenvalue weighted by Crippen LogP contribution is 2.72. The minimum atomic E-state index is -0.497. The predicted octanol–water partition coefficient (Wildman–Crippen LogP) is 4.06. The molecule has 0 N–H and O–H groups in total. The van der Waals surface area contributed by atoms with Crippen LogP contribution in [0.15, 0.2) is 0 Å². The highest BCUT2D eigenvalue weighted by Gasteiger charge is 2.72. The lowest BCUT2D eigenvalue weighted by atomic mass is 9.43. The highest BCUT2D eigenvalue weighted by atomic mass is 16.7. The lowest BCUT2D eigenvalue weighted by Crippen LogP contribution is -2.65. The van der Waals surface area contributed by atoms with Gasteiger partial charge in [-0.25, -0.2) is 0 Å². The normalized spacial score (nSPS) is 49.6. The molecular weight excluding hydrogens is 396 g/mol. The molecule has 0 bridgehead atoms. The van der Waals surface area contributed by atoms with Crippen LogP contribution in [-0.2, 0) is 28.5 Å². The van der Waals surface area contributed by atoms with E-state index in [2.05, 4.69) is 13.8 Å². The second kappa shape index (κ2) is 6.91. The SMILES string of the molecule is CC(=O)O[C@@H]1CC[C@@]2(C)[C@H](C1)CC1(OCCO1)[C@@H]1[C@H]3CCC4(OCCO4)[C@@]3(C)CC[C@@H]12. The summed E-state index contributed by atoms with van der Waals surface area (Å²) in [6, 6.07) is 0. The summed E-state index contributed by atoms with van der Waals surface area (Å²) in [7, 11) is 0. The van der Waals surface area contributed by atoms with Crippen LogP contribution < -0.4 is 0 Å². The third-order valence-electron chi connectivity index (χ3n) is 10.5. The summed E-state index contributed by atoms with van der Waals surface area (Å²) in [5.41, 5.74) is 0.265. The van der Waals surface area contributed by atoms with Gasteiger partial charge in [0.15, 0.2) is 11.6 Å². The van der Waals surface area contributed by atoms with Crippen LogP contribution in [0.5, 0.6) is 0 Å². The van der Waals surface area contributed by atoms with Crippen LogP contribution >= 0.6 is 0 Å². The van der Waals surface area contributed by atoms with E-state index in [-0.39, 0.29) is 22.9 Å². The van der Waals surface area contributed by atoms with Crippen molar-refractivity contribution in [2.45, 2.75) is 89.8 Å². The predicted molar refractivity (Wildman–Crippen MR) is 112 cm³/mol. The number of carbonyl (C=O) groups excluding carboxylic acids is 1. The Balaban J connectivity index is 1.36. The van der Waals surface area contributed by atoms with Crippen molar-refractivity contribution in [1.29, 1.82) is 0 Å². The van der Waals surface area contributed by atoms with Crippen LogP contribution in [0.25, 0.3) is 0 Å². The molecule has 2 spiro atoms. The Bertz CT molecular complexity index is 740. The first-order chi connectivity index (χ1) is 14.8. The van der Waals surface area contributed by atoms with Crippen molar-refractivity contribution in [2.75, 3.05) is 26.4 Å². The molecule has 0 amide bonds. The van der Waals surface area contributed by atoms with Gasteiger partial charge in [0.1, 0.15) is 6.10 Å². The molecule has 0 aromatic heterocycles. The molecule has 0 radical (unpaired) electrons. The first kappa shape index (κ1) is 20.9. The number of ether oxygens (including phenoxy) is 5. The van der Waals surface area contributed by atoms with Crippen LogP contribution in [0.2, 0.25) is 0 Å². The summed E-state index contributed by atoms with van der Waals surface area (Å²) in [5, 5.41) is 0. The molecule has 7 atom stereocenters. The molecule has 6 heteroatoms. The third kappa shape index (κ3) is 2.74. The molecule has 174 valence electrons. The Morgan fingerprint density at radius 2 is 1.55 bits per heavy atom. The van der Waals surface area contributed by atoms with Crippen molar-refractivity contribution in [2.24, 2.45) is 34.5 Å². The fourth-order valence-electron chi connectivity index (χ4n) is 9.17. The molecule has 6 rings (SSSR count). The van der Waals surface area contributed by atoms with Gasteiger partial charge in [-0.05, 0) is 61.7 Å². The maximum absolute atomic E-state index is 11.6. The second-order valence-electron chi connectivity index (χ2n) is 11.6. The van der Waals surface area contributed by atoms with Gasteiger partial charge in [-0.3, -0.25) is 4.79 Å². The van der Waals surface area contributed by atoms with E-state index in [9.17, 15) is 4.79 Å². The number of carbonyl (C=O) groups is 1. The molecule has 6 fully saturated rings. The van der Waals surface area contributed by atoms with Gasteiger partial charge >= 0.3 is 5.97 Å². The molecule has 0 aromatic rings. The van der Waals surface area contributed by atoms with Crippen molar-refractivity contribution in [3.05, 3.63) is 0 Å². The smallest absolute Gasteiger partial charge is 0.302 e. The largest absolute Gasteiger partial charge is 0.463 e. The van der Waals surface area contributed by atoms with E-state index in [0.29, 0.717) is 50.1 Å². The van der Waals surface area contributed by atoms with E-state index in [1.165, 1.54) is 13.3 Å². The van der Waals surface area contributed by atoms with E-state index in [1.807, 2.05) is 0 Å². The standard InChI is InChI=1S/C25H38O6/c1-16(26)31-18-4-7-22(2)17(14-18)15-24(27-10-11-28-24)21-19(22)5-8-23(3)20(21)6-9-25(23)29-12-13-30-25/h17-21H,4-15H2,1-3H3/t17-,18-,19+,20-,21+,22+,23+/m1/s1. The first-order valence-electron chi connectivity index (χ1n) is 12.6. The van der Waals surface area contributed by atoms with Gasteiger partial charge in [-0.1, -0.05) is 13.8 Å². The lowest BCUT2D eigenvalue weighted by Gasteiger charge is -2.65. The first-order valence-corrected chi connectivity index (χ1v) is 12.6. The molecule has 6 aliphatic rings. The molecule has 0 aromatic carbocycles. The van der Waals surface area contributed by atoms with Crippen molar-refractivity contribution in [3.63, 3.8) is 0 Å². The Labute approximate surface area is 185 Å². The zero-order chi connectivity index (χ0) is 21.5. The van der Waals surface area contributed by atoms with Crippen molar-refractivity contribution < 1.29 is 28.5 Å². The summed E-state index contributed by atoms with van der Waals surface area (Å²) < 4.78 is 31.4. The molecule has 4 saturated carbocycles. The van der Waals surface area contributed by atoms with Gasteiger partial charge in [0.25, 0.3) is 0 Å². The van der Waals surface area contributed by atoms with Gasteiger partial charge in [-0.2, -0.15) is 0 Å². The fraction of sp³-hybridized carbons (Fsp3) is 0.960. The summed E-state index contributed by atoms with van der Waals surface area (Å²) in [6.45, 7) is 9.25. The van der Waals surface area contributed by atoms with Gasteiger partial charge in [-0.15, -0.1) is 0 Å². The number of hydrogen-bond acceptors (Lipinski definition) is 6. The van der Waals surface area contributed by atoms with E-state index in [1.54, 1.807) is 0 Å². The monoisotopic (exact) mass is 434 g/mol. The van der Waals surface area contributed by atoms with E-state index in [4.69, 9.17) is 23.7 Å². The van der Waals surface area contributed by atoms with Crippen LogP contribution in [-0.4, -0.2) is 50.1 Å². The van der Waals surface area contributed by atoms with E-state index < -0.39 is 11.6 Å². The van der Waals surface area contributed by atoms with Crippen molar-refractivity contribution in [3.8, 4) is 0 Å². The minimum absolute atomic E-state index is 0.0190. The number of hydrogen-bond donors (Lipinski definition) is 0. The summed E-state index contributed by atoms with van der Waals surface area (Å²) in [6.07, 6.45) is 8.42. The second-order valence-corrected chi connectivity index (χ2v) is 11.6. The molecule has 31 heavy (non-hydrogen) atoms. The maximum Gasteiger partial charge on any atom is 0.302 e. The molecule has 0 unspecified atom stereocenters. The topological polar surface area (TPSA) is 63.2 Å². The molecule has 4 aliphatic carbocycles.